The van der Waals surface area contributed by atoms with Gasteiger partial charge in [-0.25, -0.2) is 4.68 Å². The smallest absolute Gasteiger partial charge is 0.257 e. The van der Waals surface area contributed by atoms with E-state index in [1.165, 1.54) is 5.56 Å². The van der Waals surface area contributed by atoms with Crippen LogP contribution in [0.25, 0.3) is 5.69 Å². The molecule has 0 saturated heterocycles. The highest BCUT2D eigenvalue weighted by molar-refractivity contribution is 6.44. The number of halogens is 2. The van der Waals surface area contributed by atoms with E-state index in [0.29, 0.717) is 16.3 Å². The maximum atomic E-state index is 12.6. The molecule has 1 N–H and O–H groups in total. The van der Waals surface area contributed by atoms with E-state index in [1.54, 1.807) is 18.2 Å². The van der Waals surface area contributed by atoms with Crippen LogP contribution >= 0.6 is 23.2 Å². The molecule has 128 valence electrons. The summed E-state index contributed by atoms with van der Waals surface area (Å²) in [4.78, 5) is 12.6. The minimum absolute atomic E-state index is 0.239. The van der Waals surface area contributed by atoms with E-state index < -0.39 is 0 Å². The van der Waals surface area contributed by atoms with Crippen molar-refractivity contribution < 1.29 is 4.79 Å². The Morgan fingerprint density at radius 1 is 1.04 bits per heavy atom. The molecule has 1 aromatic heterocycles. The number of nitrogens with zero attached hydrogens (tertiary/aromatic N) is 2. The van der Waals surface area contributed by atoms with Gasteiger partial charge in [-0.2, -0.15) is 5.10 Å². The van der Waals surface area contributed by atoms with Crippen molar-refractivity contribution in [2.24, 2.45) is 0 Å². The number of rotatable bonds is 3. The van der Waals surface area contributed by atoms with E-state index in [1.807, 2.05) is 49.7 Å². The van der Waals surface area contributed by atoms with Crippen molar-refractivity contribution in [3.63, 3.8) is 0 Å². The largest absolute Gasteiger partial charge is 0.319 e. The van der Waals surface area contributed by atoms with Gasteiger partial charge in [0.1, 0.15) is 0 Å². The van der Waals surface area contributed by atoms with Gasteiger partial charge in [-0.1, -0.05) is 47.0 Å². The molecule has 25 heavy (non-hydrogen) atoms. The third-order valence-electron chi connectivity index (χ3n) is 4.00. The van der Waals surface area contributed by atoms with Crippen LogP contribution in [0.5, 0.6) is 0 Å². The van der Waals surface area contributed by atoms with Crippen LogP contribution in [-0.2, 0) is 0 Å². The summed E-state index contributed by atoms with van der Waals surface area (Å²) in [5.41, 5.74) is 4.68. The third-order valence-corrected chi connectivity index (χ3v) is 4.82. The maximum Gasteiger partial charge on any atom is 0.257 e. The van der Waals surface area contributed by atoms with Crippen LogP contribution in [-0.4, -0.2) is 15.7 Å². The topological polar surface area (TPSA) is 46.9 Å². The van der Waals surface area contributed by atoms with E-state index >= 15 is 0 Å². The Hall–Kier alpha value is -2.30. The number of hydrogen-bond acceptors (Lipinski definition) is 2. The highest BCUT2D eigenvalue weighted by Gasteiger charge is 2.18. The minimum Gasteiger partial charge on any atom is -0.319 e. The second kappa shape index (κ2) is 6.90. The number of nitrogens with one attached hydrogen (secondary N) is 1. The van der Waals surface area contributed by atoms with E-state index in [9.17, 15) is 4.79 Å². The molecule has 0 saturated carbocycles. The number of amides is 1. The Morgan fingerprint density at radius 2 is 1.72 bits per heavy atom. The minimum atomic E-state index is -0.317. The third kappa shape index (κ3) is 3.41. The molecule has 3 aromatic rings. The maximum absolute atomic E-state index is 12.6. The molecule has 0 aliphatic heterocycles. The average Bonchev–Trinajstić information content (AvgIpc) is 2.86. The molecule has 1 heterocycles. The van der Waals surface area contributed by atoms with Gasteiger partial charge in [0.25, 0.3) is 5.91 Å². The number of aryl methyl sites for hydroxylation is 2. The molecule has 4 nitrogen and oxygen atoms in total. The number of aromatic nitrogens is 2. The highest BCUT2D eigenvalue weighted by atomic mass is 35.5. The normalized spacial score (nSPS) is 10.8. The standard InChI is InChI=1S/C19H17Cl2N3O/c1-11-7-9-14(10-8-11)24-13(3)18(12(2)23-24)22-19(25)15-5-4-6-16(20)17(15)21/h4-10H,1-3H3,(H,22,25). The second-order valence-electron chi connectivity index (χ2n) is 5.85. The van der Waals surface area contributed by atoms with Crippen LogP contribution in [0.3, 0.4) is 0 Å². The molecule has 0 aliphatic rings. The molecule has 1 amide bonds. The van der Waals surface area contributed by atoms with Crippen molar-refractivity contribution in [2.75, 3.05) is 5.32 Å². The number of benzene rings is 2. The van der Waals surface area contributed by atoms with E-state index in [-0.39, 0.29) is 10.9 Å². The molecule has 2 aromatic carbocycles. The summed E-state index contributed by atoms with van der Waals surface area (Å²) >= 11 is 12.1. The monoisotopic (exact) mass is 373 g/mol. The lowest BCUT2D eigenvalue weighted by Gasteiger charge is -2.09. The summed E-state index contributed by atoms with van der Waals surface area (Å²) in [6.45, 7) is 5.80. The molecule has 0 bridgehead atoms. The fourth-order valence-electron chi connectivity index (χ4n) is 2.62. The molecular weight excluding hydrogens is 357 g/mol. The van der Waals surface area contributed by atoms with Crippen LogP contribution in [0.4, 0.5) is 5.69 Å². The number of carbonyl (C=O) groups is 1. The van der Waals surface area contributed by atoms with E-state index in [0.717, 1.165) is 17.1 Å². The van der Waals surface area contributed by atoms with Crippen molar-refractivity contribution in [1.82, 2.24) is 9.78 Å². The van der Waals surface area contributed by atoms with E-state index in [4.69, 9.17) is 23.2 Å². The summed E-state index contributed by atoms with van der Waals surface area (Å²) in [7, 11) is 0. The first-order valence-corrected chi connectivity index (χ1v) is 8.52. The Kier molecular flexibility index (Phi) is 4.84. The Bertz CT molecular complexity index is 946. The summed E-state index contributed by atoms with van der Waals surface area (Å²) in [6.07, 6.45) is 0. The van der Waals surface area contributed by atoms with Gasteiger partial charge in [0, 0.05) is 0 Å². The predicted molar refractivity (Wildman–Crippen MR) is 102 cm³/mol. The summed E-state index contributed by atoms with van der Waals surface area (Å²) in [6, 6.07) is 13.0. The van der Waals surface area contributed by atoms with Crippen molar-refractivity contribution >= 4 is 34.8 Å². The van der Waals surface area contributed by atoms with Crippen molar-refractivity contribution in [3.8, 4) is 5.69 Å². The Labute approximate surface area is 156 Å². The zero-order chi connectivity index (χ0) is 18.1. The van der Waals surface area contributed by atoms with Gasteiger partial charge in [-0.3, -0.25) is 4.79 Å². The fourth-order valence-corrected chi connectivity index (χ4v) is 3.01. The lowest BCUT2D eigenvalue weighted by molar-refractivity contribution is 0.102. The van der Waals surface area contributed by atoms with Crippen LogP contribution in [0.1, 0.15) is 27.3 Å². The van der Waals surface area contributed by atoms with Gasteiger partial charge in [-0.15, -0.1) is 0 Å². The first-order chi connectivity index (χ1) is 11.9. The lowest BCUT2D eigenvalue weighted by atomic mass is 10.2. The molecule has 0 atom stereocenters. The molecule has 0 unspecified atom stereocenters. The van der Waals surface area contributed by atoms with Gasteiger partial charge < -0.3 is 5.32 Å². The van der Waals surface area contributed by atoms with Gasteiger partial charge in [0.15, 0.2) is 0 Å². The number of carbonyl (C=O) groups excluding carboxylic acids is 1. The van der Waals surface area contributed by atoms with Crippen LogP contribution in [0.2, 0.25) is 10.0 Å². The van der Waals surface area contributed by atoms with Crippen LogP contribution in [0, 0.1) is 20.8 Å². The summed E-state index contributed by atoms with van der Waals surface area (Å²) < 4.78 is 1.81. The van der Waals surface area contributed by atoms with Crippen molar-refractivity contribution in [2.45, 2.75) is 20.8 Å². The van der Waals surface area contributed by atoms with Crippen molar-refractivity contribution in [1.29, 1.82) is 0 Å². The Balaban J connectivity index is 1.95. The number of anilines is 1. The number of hydrogen-bond donors (Lipinski definition) is 1. The molecule has 3 rings (SSSR count). The van der Waals surface area contributed by atoms with Crippen LogP contribution in [0.15, 0.2) is 42.5 Å². The van der Waals surface area contributed by atoms with Crippen molar-refractivity contribution in [3.05, 3.63) is 75.0 Å². The molecule has 0 spiro atoms. The second-order valence-corrected chi connectivity index (χ2v) is 6.63. The fraction of sp³-hybridized carbons (Fsp3) is 0.158. The molecular formula is C19H17Cl2N3O. The Morgan fingerprint density at radius 3 is 2.40 bits per heavy atom. The molecule has 0 fully saturated rings. The van der Waals surface area contributed by atoms with Crippen LogP contribution < -0.4 is 5.32 Å². The SMILES string of the molecule is Cc1ccc(-n2nc(C)c(NC(=O)c3cccc(Cl)c3Cl)c2C)cc1. The summed E-state index contributed by atoms with van der Waals surface area (Å²) in [5.74, 6) is -0.317. The molecule has 0 aliphatic carbocycles. The first-order valence-electron chi connectivity index (χ1n) is 7.77. The summed E-state index contributed by atoms with van der Waals surface area (Å²) in [5, 5.41) is 8.02. The quantitative estimate of drug-likeness (QED) is 0.671. The zero-order valence-corrected chi connectivity index (χ0v) is 15.6. The van der Waals surface area contributed by atoms with E-state index in [2.05, 4.69) is 10.4 Å². The lowest BCUT2D eigenvalue weighted by Crippen LogP contribution is -2.14. The van der Waals surface area contributed by atoms with Gasteiger partial charge >= 0.3 is 0 Å². The highest BCUT2D eigenvalue weighted by Crippen LogP contribution is 2.28. The predicted octanol–water partition coefficient (Wildman–Crippen LogP) is 5.36. The van der Waals surface area contributed by atoms with Gasteiger partial charge in [0.2, 0.25) is 0 Å². The van der Waals surface area contributed by atoms with Gasteiger partial charge in [0.05, 0.1) is 38.4 Å². The molecule has 6 heteroatoms. The zero-order valence-electron chi connectivity index (χ0n) is 14.1. The first kappa shape index (κ1) is 17.5. The van der Waals surface area contributed by atoms with Gasteiger partial charge in [-0.05, 0) is 45.0 Å². The average molecular weight is 374 g/mol. The molecule has 0 radical (unpaired) electrons.